The molecule has 4 rings (SSSR count). The summed E-state index contributed by atoms with van der Waals surface area (Å²) in [6.07, 6.45) is 2.83. The van der Waals surface area contributed by atoms with E-state index in [1.807, 2.05) is 6.92 Å². The summed E-state index contributed by atoms with van der Waals surface area (Å²) >= 11 is 1.23. The highest BCUT2D eigenvalue weighted by Crippen LogP contribution is 2.27. The van der Waals surface area contributed by atoms with E-state index < -0.39 is 11.2 Å². The first kappa shape index (κ1) is 19.3. The van der Waals surface area contributed by atoms with Crippen LogP contribution in [0.3, 0.4) is 0 Å². The standard InChI is InChI=1S/C20H19FN4O3S/c1-2-7-24-8-9-25-11-14(17(26)18(27)16(25)20(24)28)19-23-22-15(29-19)10-12-3-5-13(21)6-4-12/h3-6,11,27H,2,7-10H2,1H3. The van der Waals surface area contributed by atoms with Crippen molar-refractivity contribution in [3.8, 4) is 16.3 Å². The molecule has 2 aromatic heterocycles. The number of nitrogens with zero attached hydrogens (tertiary/aromatic N) is 4. The number of fused-ring (bicyclic) bond motifs is 1. The molecule has 7 nitrogen and oxygen atoms in total. The fourth-order valence-electron chi connectivity index (χ4n) is 3.38. The zero-order chi connectivity index (χ0) is 20.5. The third-order valence-electron chi connectivity index (χ3n) is 4.82. The van der Waals surface area contributed by atoms with Crippen LogP contribution < -0.4 is 5.43 Å². The second-order valence-electron chi connectivity index (χ2n) is 6.86. The summed E-state index contributed by atoms with van der Waals surface area (Å²) in [5.41, 5.74) is 0.480. The Morgan fingerprint density at radius 1 is 1.17 bits per heavy atom. The molecule has 1 amide bonds. The molecule has 150 valence electrons. The maximum atomic E-state index is 13.1. The molecule has 0 fully saturated rings. The van der Waals surface area contributed by atoms with Crippen LogP contribution in [0, 0.1) is 5.82 Å². The molecule has 0 aliphatic carbocycles. The maximum Gasteiger partial charge on any atom is 0.274 e. The van der Waals surface area contributed by atoms with Crippen molar-refractivity contribution in [2.45, 2.75) is 26.3 Å². The van der Waals surface area contributed by atoms with Gasteiger partial charge in [-0.15, -0.1) is 10.2 Å². The Labute approximate surface area is 170 Å². The molecular formula is C20H19FN4O3S. The fourth-order valence-corrected chi connectivity index (χ4v) is 4.26. The van der Waals surface area contributed by atoms with Crippen molar-refractivity contribution >= 4 is 17.2 Å². The molecule has 0 radical (unpaired) electrons. The van der Waals surface area contributed by atoms with E-state index in [2.05, 4.69) is 10.2 Å². The Hall–Kier alpha value is -3.07. The molecule has 3 heterocycles. The predicted molar refractivity (Wildman–Crippen MR) is 107 cm³/mol. The lowest BCUT2D eigenvalue weighted by atomic mass is 10.1. The number of hydrogen-bond donors (Lipinski definition) is 1. The van der Waals surface area contributed by atoms with E-state index in [1.165, 1.54) is 23.5 Å². The third kappa shape index (κ3) is 3.65. The van der Waals surface area contributed by atoms with Crippen molar-refractivity contribution in [3.05, 3.63) is 62.8 Å². The lowest BCUT2D eigenvalue weighted by Crippen LogP contribution is -2.42. The summed E-state index contributed by atoms with van der Waals surface area (Å²) in [6.45, 7) is 3.56. The van der Waals surface area contributed by atoms with Gasteiger partial charge < -0.3 is 14.6 Å². The van der Waals surface area contributed by atoms with E-state index in [4.69, 9.17) is 0 Å². The second kappa shape index (κ2) is 7.75. The zero-order valence-electron chi connectivity index (χ0n) is 15.8. The lowest BCUT2D eigenvalue weighted by Gasteiger charge is -2.30. The Kier molecular flexibility index (Phi) is 5.14. The second-order valence-corrected chi connectivity index (χ2v) is 7.92. The Balaban J connectivity index is 1.66. The number of aromatic hydroxyl groups is 1. The van der Waals surface area contributed by atoms with Gasteiger partial charge in [0.15, 0.2) is 16.5 Å². The van der Waals surface area contributed by atoms with Gasteiger partial charge in [0, 0.05) is 32.3 Å². The number of pyridine rings is 1. The van der Waals surface area contributed by atoms with Crippen molar-refractivity contribution in [1.82, 2.24) is 19.7 Å². The number of carbonyl (C=O) groups excluding carboxylic acids is 1. The minimum Gasteiger partial charge on any atom is -0.503 e. The first-order valence-corrected chi connectivity index (χ1v) is 10.1. The van der Waals surface area contributed by atoms with Gasteiger partial charge in [-0.25, -0.2) is 4.39 Å². The molecule has 0 saturated carbocycles. The van der Waals surface area contributed by atoms with Crippen LogP contribution in [-0.4, -0.2) is 43.8 Å². The lowest BCUT2D eigenvalue weighted by molar-refractivity contribution is 0.0697. The molecule has 0 spiro atoms. The number of aromatic nitrogens is 3. The Morgan fingerprint density at radius 2 is 1.93 bits per heavy atom. The van der Waals surface area contributed by atoms with Crippen molar-refractivity contribution in [2.24, 2.45) is 0 Å². The molecular weight excluding hydrogens is 395 g/mol. The van der Waals surface area contributed by atoms with Gasteiger partial charge in [-0.3, -0.25) is 9.59 Å². The van der Waals surface area contributed by atoms with Gasteiger partial charge in [0.2, 0.25) is 5.43 Å². The van der Waals surface area contributed by atoms with E-state index in [-0.39, 0.29) is 23.0 Å². The molecule has 0 saturated heterocycles. The van der Waals surface area contributed by atoms with E-state index in [0.717, 1.165) is 12.0 Å². The van der Waals surface area contributed by atoms with E-state index in [0.29, 0.717) is 36.1 Å². The number of halogens is 1. The largest absolute Gasteiger partial charge is 0.503 e. The first-order chi connectivity index (χ1) is 14.0. The van der Waals surface area contributed by atoms with Crippen LogP contribution in [0.4, 0.5) is 4.39 Å². The van der Waals surface area contributed by atoms with Crippen LogP contribution in [0.5, 0.6) is 5.75 Å². The minimum absolute atomic E-state index is 0.0227. The van der Waals surface area contributed by atoms with E-state index in [9.17, 15) is 19.1 Å². The molecule has 1 aliphatic rings. The molecule has 29 heavy (non-hydrogen) atoms. The molecule has 0 atom stereocenters. The summed E-state index contributed by atoms with van der Waals surface area (Å²) in [5, 5.41) is 19.7. The zero-order valence-corrected chi connectivity index (χ0v) is 16.6. The Bertz CT molecular complexity index is 1120. The smallest absolute Gasteiger partial charge is 0.274 e. The number of carbonyl (C=O) groups is 1. The molecule has 1 aromatic carbocycles. The number of benzene rings is 1. The van der Waals surface area contributed by atoms with Gasteiger partial charge in [0.1, 0.15) is 10.8 Å². The summed E-state index contributed by atoms with van der Waals surface area (Å²) in [5.74, 6) is -1.20. The predicted octanol–water partition coefficient (Wildman–Crippen LogP) is 2.67. The van der Waals surface area contributed by atoms with Crippen LogP contribution in [0.1, 0.15) is 34.4 Å². The van der Waals surface area contributed by atoms with Crippen LogP contribution in [0.25, 0.3) is 10.6 Å². The third-order valence-corrected chi connectivity index (χ3v) is 5.77. The van der Waals surface area contributed by atoms with Crippen molar-refractivity contribution in [2.75, 3.05) is 13.1 Å². The molecule has 0 bridgehead atoms. The number of hydrogen-bond acceptors (Lipinski definition) is 6. The SMILES string of the molecule is CCCN1CCn2cc(-c3nnc(Cc4ccc(F)cc4)s3)c(=O)c(O)c2C1=O. The van der Waals surface area contributed by atoms with Crippen LogP contribution >= 0.6 is 11.3 Å². The summed E-state index contributed by atoms with van der Waals surface area (Å²) < 4.78 is 14.7. The van der Waals surface area contributed by atoms with E-state index in [1.54, 1.807) is 27.8 Å². The van der Waals surface area contributed by atoms with Crippen molar-refractivity contribution in [3.63, 3.8) is 0 Å². The topological polar surface area (TPSA) is 88.3 Å². The van der Waals surface area contributed by atoms with Gasteiger partial charge >= 0.3 is 0 Å². The van der Waals surface area contributed by atoms with Gasteiger partial charge in [-0.2, -0.15) is 0 Å². The van der Waals surface area contributed by atoms with Crippen LogP contribution in [-0.2, 0) is 13.0 Å². The van der Waals surface area contributed by atoms with Gasteiger partial charge in [-0.1, -0.05) is 30.4 Å². The van der Waals surface area contributed by atoms with Gasteiger partial charge in [-0.05, 0) is 24.1 Å². The average Bonchev–Trinajstić information content (AvgIpc) is 3.16. The number of rotatable bonds is 5. The van der Waals surface area contributed by atoms with Gasteiger partial charge in [0.25, 0.3) is 5.91 Å². The molecule has 0 unspecified atom stereocenters. The summed E-state index contributed by atoms with van der Waals surface area (Å²) in [7, 11) is 0. The normalized spacial score (nSPS) is 13.6. The van der Waals surface area contributed by atoms with Crippen LogP contribution in [0.2, 0.25) is 0 Å². The maximum absolute atomic E-state index is 13.1. The first-order valence-electron chi connectivity index (χ1n) is 9.30. The number of amides is 1. The average molecular weight is 414 g/mol. The monoisotopic (exact) mass is 414 g/mol. The highest BCUT2D eigenvalue weighted by atomic mass is 32.1. The van der Waals surface area contributed by atoms with Crippen molar-refractivity contribution < 1.29 is 14.3 Å². The fraction of sp³-hybridized carbons (Fsp3) is 0.300. The molecule has 3 aromatic rings. The molecule has 1 N–H and O–H groups in total. The quantitative estimate of drug-likeness (QED) is 0.694. The summed E-state index contributed by atoms with van der Waals surface area (Å²) in [4.78, 5) is 27.0. The summed E-state index contributed by atoms with van der Waals surface area (Å²) in [6, 6.07) is 6.10. The minimum atomic E-state index is -0.632. The highest BCUT2D eigenvalue weighted by molar-refractivity contribution is 7.14. The molecule has 9 heteroatoms. The van der Waals surface area contributed by atoms with Gasteiger partial charge in [0.05, 0.1) is 5.56 Å². The van der Waals surface area contributed by atoms with Crippen LogP contribution in [0.15, 0.2) is 35.3 Å². The van der Waals surface area contributed by atoms with E-state index >= 15 is 0 Å². The molecule has 1 aliphatic heterocycles. The van der Waals surface area contributed by atoms with Crippen molar-refractivity contribution in [1.29, 1.82) is 0 Å². The highest BCUT2D eigenvalue weighted by Gasteiger charge is 2.29. The Morgan fingerprint density at radius 3 is 2.66 bits per heavy atom.